The Labute approximate surface area is 99.9 Å². The zero-order valence-corrected chi connectivity index (χ0v) is 10.1. The van der Waals surface area contributed by atoms with Crippen molar-refractivity contribution in [3.63, 3.8) is 0 Å². The monoisotopic (exact) mass is 232 g/mol. The first-order valence-electron chi connectivity index (χ1n) is 5.53. The van der Waals surface area contributed by atoms with Gasteiger partial charge in [-0.1, -0.05) is 30.3 Å². The molecule has 2 aromatic carbocycles. The zero-order valence-electron chi connectivity index (χ0n) is 10.1. The molecule has 0 saturated carbocycles. The maximum Gasteiger partial charge on any atom is 0.166 e. The van der Waals surface area contributed by atoms with Crippen molar-refractivity contribution in [3.8, 4) is 11.1 Å². The SMILES string of the molecule is Cc1ccc(-c2ccc(C)c(F)c2F)cc1C. The molecule has 2 rings (SSSR count). The van der Waals surface area contributed by atoms with Gasteiger partial charge in [0.2, 0.25) is 0 Å². The summed E-state index contributed by atoms with van der Waals surface area (Å²) >= 11 is 0. The van der Waals surface area contributed by atoms with Gasteiger partial charge in [0, 0.05) is 5.56 Å². The molecule has 88 valence electrons. The van der Waals surface area contributed by atoms with Crippen LogP contribution in [0, 0.1) is 32.4 Å². The average molecular weight is 232 g/mol. The van der Waals surface area contributed by atoms with Gasteiger partial charge in [0.05, 0.1) is 0 Å². The van der Waals surface area contributed by atoms with E-state index in [4.69, 9.17) is 0 Å². The van der Waals surface area contributed by atoms with Crippen LogP contribution in [0.15, 0.2) is 30.3 Å². The van der Waals surface area contributed by atoms with E-state index >= 15 is 0 Å². The fourth-order valence-electron chi connectivity index (χ4n) is 1.78. The molecule has 2 heteroatoms. The molecule has 0 unspecified atom stereocenters. The molecule has 0 nitrogen and oxygen atoms in total. The summed E-state index contributed by atoms with van der Waals surface area (Å²) in [5, 5.41) is 0. The predicted octanol–water partition coefficient (Wildman–Crippen LogP) is 4.56. The Balaban J connectivity index is 2.61. The summed E-state index contributed by atoms with van der Waals surface area (Å²) in [4.78, 5) is 0. The third-order valence-corrected chi connectivity index (χ3v) is 3.09. The fraction of sp³-hybridized carbons (Fsp3) is 0.200. The molecule has 0 aliphatic rings. The standard InChI is InChI=1S/C15H14F2/c1-9-4-6-12(8-11(9)3)13-7-5-10(2)14(16)15(13)17/h4-8H,1-3H3. The first-order chi connectivity index (χ1) is 8.00. The lowest BCUT2D eigenvalue weighted by molar-refractivity contribution is 0.505. The second kappa shape index (κ2) is 4.28. The molecule has 0 N–H and O–H groups in total. The Bertz CT molecular complexity index is 571. The van der Waals surface area contributed by atoms with Crippen LogP contribution in [0.3, 0.4) is 0 Å². The summed E-state index contributed by atoms with van der Waals surface area (Å²) in [6, 6.07) is 8.83. The second-order valence-corrected chi connectivity index (χ2v) is 4.36. The van der Waals surface area contributed by atoms with E-state index in [0.717, 1.165) is 11.1 Å². The van der Waals surface area contributed by atoms with E-state index in [0.29, 0.717) is 16.7 Å². The molecule has 2 aromatic rings. The smallest absolute Gasteiger partial charge is 0.166 e. The first-order valence-corrected chi connectivity index (χ1v) is 5.53. The Morgan fingerprint density at radius 2 is 1.35 bits per heavy atom. The Morgan fingerprint density at radius 1 is 0.706 bits per heavy atom. The van der Waals surface area contributed by atoms with Gasteiger partial charge in [0.1, 0.15) is 0 Å². The quantitative estimate of drug-likeness (QED) is 0.676. The molecule has 0 aromatic heterocycles. The van der Waals surface area contributed by atoms with Crippen molar-refractivity contribution in [2.24, 2.45) is 0 Å². The molecule has 0 bridgehead atoms. The molecule has 0 aliphatic carbocycles. The molecule has 0 heterocycles. The van der Waals surface area contributed by atoms with Gasteiger partial charge < -0.3 is 0 Å². The van der Waals surface area contributed by atoms with Crippen LogP contribution in [0.1, 0.15) is 16.7 Å². The normalized spacial score (nSPS) is 10.6. The van der Waals surface area contributed by atoms with Crippen molar-refractivity contribution in [1.82, 2.24) is 0 Å². The Morgan fingerprint density at radius 3 is 2.00 bits per heavy atom. The number of aryl methyl sites for hydroxylation is 3. The molecule has 0 atom stereocenters. The Kier molecular flexibility index (Phi) is 2.97. The lowest BCUT2D eigenvalue weighted by Gasteiger charge is -2.08. The van der Waals surface area contributed by atoms with Crippen molar-refractivity contribution in [3.05, 3.63) is 58.7 Å². The van der Waals surface area contributed by atoms with Gasteiger partial charge in [0.25, 0.3) is 0 Å². The van der Waals surface area contributed by atoms with Crippen LogP contribution in [0.4, 0.5) is 8.78 Å². The van der Waals surface area contributed by atoms with Crippen LogP contribution in [0.25, 0.3) is 11.1 Å². The molecule has 0 radical (unpaired) electrons. The third-order valence-electron chi connectivity index (χ3n) is 3.09. The van der Waals surface area contributed by atoms with Crippen LogP contribution in [-0.2, 0) is 0 Å². The van der Waals surface area contributed by atoms with Gasteiger partial charge in [-0.3, -0.25) is 0 Å². The summed E-state index contributed by atoms with van der Waals surface area (Å²) in [6.07, 6.45) is 0. The average Bonchev–Trinajstić information content (AvgIpc) is 2.30. The van der Waals surface area contributed by atoms with E-state index in [1.165, 1.54) is 0 Å². The molecule has 17 heavy (non-hydrogen) atoms. The predicted molar refractivity (Wildman–Crippen MR) is 66.0 cm³/mol. The minimum absolute atomic E-state index is 0.316. The van der Waals surface area contributed by atoms with Crippen LogP contribution in [0.5, 0.6) is 0 Å². The first kappa shape index (κ1) is 11.8. The van der Waals surface area contributed by atoms with Crippen molar-refractivity contribution in [1.29, 1.82) is 0 Å². The highest BCUT2D eigenvalue weighted by Crippen LogP contribution is 2.27. The Hall–Kier alpha value is -1.70. The van der Waals surface area contributed by atoms with E-state index in [1.807, 2.05) is 32.0 Å². The minimum atomic E-state index is -0.770. The van der Waals surface area contributed by atoms with Crippen molar-refractivity contribution in [2.75, 3.05) is 0 Å². The molecule has 0 spiro atoms. The summed E-state index contributed by atoms with van der Waals surface area (Å²) in [6.45, 7) is 5.51. The maximum absolute atomic E-state index is 13.8. The van der Waals surface area contributed by atoms with Gasteiger partial charge in [-0.15, -0.1) is 0 Å². The lowest BCUT2D eigenvalue weighted by atomic mass is 9.99. The van der Waals surface area contributed by atoms with Crippen LogP contribution in [-0.4, -0.2) is 0 Å². The molecule has 0 saturated heterocycles. The minimum Gasteiger partial charge on any atom is -0.203 e. The highest BCUT2D eigenvalue weighted by atomic mass is 19.2. The van der Waals surface area contributed by atoms with E-state index in [2.05, 4.69) is 0 Å². The highest BCUT2D eigenvalue weighted by Gasteiger charge is 2.12. The van der Waals surface area contributed by atoms with Gasteiger partial charge in [0.15, 0.2) is 11.6 Å². The van der Waals surface area contributed by atoms with Gasteiger partial charge >= 0.3 is 0 Å². The van der Waals surface area contributed by atoms with E-state index < -0.39 is 11.6 Å². The topological polar surface area (TPSA) is 0 Å². The lowest BCUT2D eigenvalue weighted by Crippen LogP contribution is -1.93. The molecular weight excluding hydrogens is 218 g/mol. The van der Waals surface area contributed by atoms with Crippen LogP contribution >= 0.6 is 0 Å². The fourth-order valence-corrected chi connectivity index (χ4v) is 1.78. The van der Waals surface area contributed by atoms with Crippen LogP contribution < -0.4 is 0 Å². The summed E-state index contributed by atoms with van der Waals surface area (Å²) < 4.78 is 27.3. The number of hydrogen-bond donors (Lipinski definition) is 0. The van der Waals surface area contributed by atoms with Crippen molar-refractivity contribution >= 4 is 0 Å². The van der Waals surface area contributed by atoms with E-state index in [1.54, 1.807) is 19.1 Å². The van der Waals surface area contributed by atoms with E-state index in [-0.39, 0.29) is 0 Å². The van der Waals surface area contributed by atoms with Gasteiger partial charge in [-0.05, 0) is 43.0 Å². The molecule has 0 amide bonds. The largest absolute Gasteiger partial charge is 0.203 e. The van der Waals surface area contributed by atoms with Crippen molar-refractivity contribution < 1.29 is 8.78 Å². The molecule has 0 fully saturated rings. The third kappa shape index (κ3) is 2.07. The molecule has 0 aliphatic heterocycles. The molecular formula is C15H14F2. The zero-order chi connectivity index (χ0) is 12.6. The number of hydrogen-bond acceptors (Lipinski definition) is 0. The van der Waals surface area contributed by atoms with Gasteiger partial charge in [-0.2, -0.15) is 0 Å². The number of rotatable bonds is 1. The van der Waals surface area contributed by atoms with E-state index in [9.17, 15) is 8.78 Å². The summed E-state index contributed by atoms with van der Waals surface area (Å²) in [5.74, 6) is -1.53. The summed E-state index contributed by atoms with van der Waals surface area (Å²) in [5.41, 5.74) is 3.57. The second-order valence-electron chi connectivity index (χ2n) is 4.36. The van der Waals surface area contributed by atoms with Gasteiger partial charge in [-0.25, -0.2) is 8.78 Å². The van der Waals surface area contributed by atoms with Crippen molar-refractivity contribution in [2.45, 2.75) is 20.8 Å². The highest BCUT2D eigenvalue weighted by molar-refractivity contribution is 5.66. The number of halogens is 2. The maximum atomic E-state index is 13.8. The number of benzene rings is 2. The summed E-state index contributed by atoms with van der Waals surface area (Å²) in [7, 11) is 0. The van der Waals surface area contributed by atoms with Crippen LogP contribution in [0.2, 0.25) is 0 Å².